The number of hydrogen-bond acceptors (Lipinski definition) is 4. The van der Waals surface area contributed by atoms with Crippen LogP contribution in [0.25, 0.3) is 22.5 Å². The van der Waals surface area contributed by atoms with Crippen LogP contribution in [0.2, 0.25) is 0 Å². The summed E-state index contributed by atoms with van der Waals surface area (Å²) in [5, 5.41) is 34.1. The Balaban J connectivity index is 0.000000230. The number of H-pyrrole nitrogens is 2. The topological polar surface area (TPSA) is 106 Å². The van der Waals surface area contributed by atoms with Crippen molar-refractivity contribution in [2.75, 3.05) is 13.2 Å². The first-order valence-electron chi connectivity index (χ1n) is 15.2. The number of benzene rings is 2. The lowest BCUT2D eigenvalue weighted by atomic mass is 9.91. The molecule has 0 radical (unpaired) electrons. The Bertz CT molecular complexity index is 1270. The van der Waals surface area contributed by atoms with Gasteiger partial charge in [-0.05, 0) is 86.1 Å². The second-order valence-electron chi connectivity index (χ2n) is 11.7. The third-order valence-corrected chi connectivity index (χ3v) is 9.96. The zero-order valence-electron chi connectivity index (χ0n) is 24.8. The molecular formula is C32H42Br2Cl2N6O2. The molecule has 2 aliphatic rings. The van der Waals surface area contributed by atoms with E-state index in [4.69, 9.17) is 0 Å². The first-order valence-corrected chi connectivity index (χ1v) is 16.7. The fourth-order valence-electron chi connectivity index (χ4n) is 6.43. The van der Waals surface area contributed by atoms with E-state index in [-0.39, 0.29) is 38.0 Å². The number of nitrogens with zero attached hydrogens (tertiary/aromatic N) is 4. The average molecular weight is 773 g/mol. The van der Waals surface area contributed by atoms with E-state index in [1.54, 1.807) is 0 Å². The summed E-state index contributed by atoms with van der Waals surface area (Å²) in [7, 11) is 0. The van der Waals surface area contributed by atoms with Crippen molar-refractivity contribution in [3.05, 3.63) is 69.9 Å². The van der Waals surface area contributed by atoms with E-state index in [1.807, 2.05) is 70.3 Å². The molecule has 0 amide bonds. The molecule has 0 spiro atoms. The number of hydrogen-bond donors (Lipinski definition) is 4. The van der Waals surface area contributed by atoms with E-state index >= 15 is 0 Å². The third-order valence-electron chi connectivity index (χ3n) is 8.90. The van der Waals surface area contributed by atoms with Crippen LogP contribution in [0, 0.1) is 23.7 Å². The van der Waals surface area contributed by atoms with Crippen molar-refractivity contribution in [3.8, 4) is 22.5 Å². The van der Waals surface area contributed by atoms with Gasteiger partial charge in [0, 0.05) is 55.3 Å². The van der Waals surface area contributed by atoms with Gasteiger partial charge in [-0.2, -0.15) is 9.36 Å². The zero-order chi connectivity index (χ0) is 29.3. The first kappa shape index (κ1) is 36.6. The molecule has 2 atom stereocenters. The van der Waals surface area contributed by atoms with Crippen LogP contribution >= 0.6 is 31.9 Å². The van der Waals surface area contributed by atoms with E-state index < -0.39 is 0 Å². The second kappa shape index (κ2) is 18.4. The number of aliphatic hydroxyl groups is 2. The van der Waals surface area contributed by atoms with Crippen molar-refractivity contribution in [2.45, 2.75) is 64.5 Å². The second-order valence-corrected chi connectivity index (χ2v) is 13.6. The highest BCUT2D eigenvalue weighted by Crippen LogP contribution is 2.32. The normalized spacial score (nSPS) is 16.5. The maximum absolute atomic E-state index is 9.65. The fourth-order valence-corrected chi connectivity index (χ4v) is 6.96. The molecule has 44 heavy (non-hydrogen) atoms. The standard InChI is InChI=1S/2C16H20BrN3O.2ClH/c2*17-15-7-5-13(6-8-15)16-10-20(19-18-16)9-14(11-21)12-3-1-2-4-12;;/h2*5-8,10,12,14,21H,1-4,9,11H2;2*1H/t2*14-;;/m00../s1. The highest BCUT2D eigenvalue weighted by molar-refractivity contribution is 9.10. The smallest absolute Gasteiger partial charge is 0.248 e. The molecule has 2 heterocycles. The van der Waals surface area contributed by atoms with Gasteiger partial charge in [-0.3, -0.25) is 0 Å². The predicted octanol–water partition coefficient (Wildman–Crippen LogP) is -0.141. The molecule has 2 aliphatic carbocycles. The summed E-state index contributed by atoms with van der Waals surface area (Å²) in [6.07, 6.45) is 14.3. The Morgan fingerprint density at radius 3 is 1.30 bits per heavy atom. The summed E-state index contributed by atoms with van der Waals surface area (Å²) in [6.45, 7) is 2.13. The van der Waals surface area contributed by atoms with E-state index in [1.165, 1.54) is 51.4 Å². The fraction of sp³-hybridized carbons (Fsp3) is 0.500. The molecule has 0 saturated heterocycles. The van der Waals surface area contributed by atoms with Crippen molar-refractivity contribution >= 4 is 31.9 Å². The molecule has 4 N–H and O–H groups in total. The number of halogens is 4. The van der Waals surface area contributed by atoms with Gasteiger partial charge in [0.05, 0.1) is 0 Å². The van der Waals surface area contributed by atoms with Crippen molar-refractivity contribution < 1.29 is 44.4 Å². The van der Waals surface area contributed by atoms with Gasteiger partial charge in [0.15, 0.2) is 12.4 Å². The molecule has 6 rings (SSSR count). The molecule has 0 aliphatic heterocycles. The highest BCUT2D eigenvalue weighted by Gasteiger charge is 2.28. The van der Waals surface area contributed by atoms with Crippen LogP contribution in [-0.4, -0.2) is 44.1 Å². The first-order chi connectivity index (χ1) is 20.5. The molecule has 240 valence electrons. The molecule has 2 aromatic carbocycles. The lowest BCUT2D eigenvalue weighted by Crippen LogP contribution is -3.00. The Labute approximate surface area is 289 Å². The summed E-state index contributed by atoms with van der Waals surface area (Å²) in [5.41, 5.74) is 4.06. The molecule has 0 bridgehead atoms. The van der Waals surface area contributed by atoms with Gasteiger partial charge in [-0.25, -0.2) is 0 Å². The number of rotatable bonds is 10. The van der Waals surface area contributed by atoms with Crippen molar-refractivity contribution in [1.82, 2.24) is 20.6 Å². The van der Waals surface area contributed by atoms with Crippen molar-refractivity contribution in [3.63, 3.8) is 0 Å². The quantitative estimate of drug-likeness (QED) is 0.169. The minimum Gasteiger partial charge on any atom is -1.00 e. The Hall–Kier alpha value is -1.82. The largest absolute Gasteiger partial charge is 1.00 e. The summed E-state index contributed by atoms with van der Waals surface area (Å²) in [4.78, 5) is 0. The molecule has 8 nitrogen and oxygen atoms in total. The van der Waals surface area contributed by atoms with Gasteiger partial charge < -0.3 is 35.0 Å². The van der Waals surface area contributed by atoms with Crippen molar-refractivity contribution in [2.24, 2.45) is 23.7 Å². The van der Waals surface area contributed by atoms with E-state index in [0.717, 1.165) is 44.5 Å². The van der Waals surface area contributed by atoms with Crippen LogP contribution in [0.5, 0.6) is 0 Å². The molecule has 0 unspecified atom stereocenters. The maximum atomic E-state index is 9.65. The minimum atomic E-state index is 0. The molecule has 4 aromatic rings. The number of aromatic amines is 2. The number of aliphatic hydroxyl groups excluding tert-OH is 2. The molecule has 2 fully saturated rings. The van der Waals surface area contributed by atoms with Crippen LogP contribution < -0.4 is 34.2 Å². The van der Waals surface area contributed by atoms with Crippen LogP contribution in [0.4, 0.5) is 0 Å². The molecule has 2 aromatic heterocycles. The minimum absolute atomic E-state index is 0. The number of nitrogens with one attached hydrogen (secondary N) is 2. The van der Waals surface area contributed by atoms with Crippen LogP contribution in [0.3, 0.4) is 0 Å². The summed E-state index contributed by atoms with van der Waals surface area (Å²) >= 11 is 6.88. The van der Waals surface area contributed by atoms with Gasteiger partial charge in [0.25, 0.3) is 0 Å². The highest BCUT2D eigenvalue weighted by atomic mass is 79.9. The third kappa shape index (κ3) is 10.1. The Morgan fingerprint density at radius 2 is 0.977 bits per heavy atom. The van der Waals surface area contributed by atoms with Gasteiger partial charge in [0.2, 0.25) is 11.4 Å². The SMILES string of the molecule is OC[C@H](C[n+]1cc(-c2ccc(Br)cc2)n[nH]1)C1CCCC1.OC[C@H](C[n+]1cc(-c2ccc(Br)cc2)n[nH]1)C1CCCC1.[Cl-].[Cl-]. The van der Waals surface area contributed by atoms with Gasteiger partial charge >= 0.3 is 0 Å². The Kier molecular flexibility index (Phi) is 15.3. The monoisotopic (exact) mass is 770 g/mol. The van der Waals surface area contributed by atoms with E-state index in [2.05, 4.69) is 52.5 Å². The zero-order valence-corrected chi connectivity index (χ0v) is 29.4. The summed E-state index contributed by atoms with van der Waals surface area (Å²) in [5.74, 6) is 1.97. The van der Waals surface area contributed by atoms with Gasteiger partial charge in [-0.15, -0.1) is 0 Å². The van der Waals surface area contributed by atoms with Crippen LogP contribution in [-0.2, 0) is 13.1 Å². The van der Waals surface area contributed by atoms with Crippen molar-refractivity contribution in [1.29, 1.82) is 0 Å². The van der Waals surface area contributed by atoms with Crippen LogP contribution in [0.1, 0.15) is 51.4 Å². The van der Waals surface area contributed by atoms with Gasteiger partial charge in [-0.1, -0.05) is 68.0 Å². The predicted molar refractivity (Wildman–Crippen MR) is 169 cm³/mol. The molecule has 2 saturated carbocycles. The van der Waals surface area contributed by atoms with E-state index in [0.29, 0.717) is 23.7 Å². The maximum Gasteiger partial charge on any atom is 0.248 e. The lowest BCUT2D eigenvalue weighted by molar-refractivity contribution is -0.760. The lowest BCUT2D eigenvalue weighted by Gasteiger charge is -2.18. The summed E-state index contributed by atoms with van der Waals surface area (Å²) < 4.78 is 6.13. The molecule has 12 heteroatoms. The van der Waals surface area contributed by atoms with Gasteiger partial charge in [0.1, 0.15) is 13.1 Å². The van der Waals surface area contributed by atoms with Crippen LogP contribution in [0.15, 0.2) is 69.9 Å². The number of aromatic nitrogens is 6. The Morgan fingerprint density at radius 1 is 0.636 bits per heavy atom. The van der Waals surface area contributed by atoms with E-state index in [9.17, 15) is 10.2 Å². The molecular weight excluding hydrogens is 731 g/mol. The average Bonchev–Trinajstić information content (AvgIpc) is 3.84. The summed E-state index contributed by atoms with van der Waals surface area (Å²) in [6, 6.07) is 16.3.